The fourth-order valence-electron chi connectivity index (χ4n) is 3.61. The van der Waals surface area contributed by atoms with E-state index in [1.165, 1.54) is 0 Å². The maximum Gasteiger partial charge on any atom is 0.244 e. The second-order valence-corrected chi connectivity index (χ2v) is 7.48. The van der Waals surface area contributed by atoms with E-state index in [1.54, 1.807) is 4.90 Å². The Kier molecular flexibility index (Phi) is 7.96. The smallest absolute Gasteiger partial charge is 0.244 e. The Hall–Kier alpha value is -2.74. The Balaban J connectivity index is 1.69. The van der Waals surface area contributed by atoms with Crippen molar-refractivity contribution in [2.75, 3.05) is 19.6 Å². The first-order valence-corrected chi connectivity index (χ1v) is 10.3. The first-order chi connectivity index (χ1) is 14.6. The summed E-state index contributed by atoms with van der Waals surface area (Å²) in [7, 11) is 0. The summed E-state index contributed by atoms with van der Waals surface area (Å²) in [5, 5.41) is 2.87. The molecule has 7 heteroatoms. The van der Waals surface area contributed by atoms with Crippen molar-refractivity contribution in [1.29, 1.82) is 0 Å². The number of carbonyl (C=O) groups excluding carboxylic acids is 2. The first-order valence-electron chi connectivity index (χ1n) is 10.3. The van der Waals surface area contributed by atoms with Crippen molar-refractivity contribution in [1.82, 2.24) is 10.2 Å². The van der Waals surface area contributed by atoms with Gasteiger partial charge in [0.2, 0.25) is 11.8 Å². The molecule has 1 saturated heterocycles. The van der Waals surface area contributed by atoms with E-state index in [0.29, 0.717) is 39.1 Å². The topological polar surface area (TPSA) is 111 Å². The second-order valence-electron chi connectivity index (χ2n) is 7.48. The van der Waals surface area contributed by atoms with Crippen LogP contribution >= 0.6 is 0 Å². The Morgan fingerprint density at radius 2 is 1.77 bits per heavy atom. The zero-order valence-corrected chi connectivity index (χ0v) is 17.1. The highest BCUT2D eigenvalue weighted by molar-refractivity contribution is 5.91. The molecule has 3 atom stereocenters. The lowest BCUT2D eigenvalue weighted by Gasteiger charge is -2.26. The molecule has 2 aromatic carbocycles. The zero-order chi connectivity index (χ0) is 21.3. The minimum Gasteiger partial charge on any atom is -0.372 e. The van der Waals surface area contributed by atoms with Crippen molar-refractivity contribution in [3.63, 3.8) is 0 Å². The van der Waals surface area contributed by atoms with E-state index in [9.17, 15) is 9.59 Å². The highest BCUT2D eigenvalue weighted by Crippen LogP contribution is 2.25. The Bertz CT molecular complexity index is 816. The van der Waals surface area contributed by atoms with Gasteiger partial charge in [0.05, 0.1) is 12.7 Å². The van der Waals surface area contributed by atoms with Crippen LogP contribution in [0.15, 0.2) is 60.7 Å². The number of nitrogens with two attached hydrogens (primary N) is 2. The molecular weight excluding hydrogens is 380 g/mol. The van der Waals surface area contributed by atoms with Crippen molar-refractivity contribution in [2.24, 2.45) is 11.5 Å². The maximum absolute atomic E-state index is 13.2. The molecule has 2 aromatic rings. The first kappa shape index (κ1) is 22.0. The van der Waals surface area contributed by atoms with Gasteiger partial charge >= 0.3 is 0 Å². The number of nitrogens with one attached hydrogen (secondary N) is 1. The molecule has 30 heavy (non-hydrogen) atoms. The van der Waals surface area contributed by atoms with Crippen LogP contribution in [0.3, 0.4) is 0 Å². The van der Waals surface area contributed by atoms with E-state index in [1.807, 2.05) is 60.7 Å². The third-order valence-electron chi connectivity index (χ3n) is 5.28. The fraction of sp³-hybridized carbons (Fsp3) is 0.391. The summed E-state index contributed by atoms with van der Waals surface area (Å²) in [4.78, 5) is 27.5. The summed E-state index contributed by atoms with van der Waals surface area (Å²) in [6.45, 7) is 1.74. The van der Waals surface area contributed by atoms with Crippen LogP contribution in [0.5, 0.6) is 0 Å². The van der Waals surface area contributed by atoms with E-state index in [2.05, 4.69) is 5.32 Å². The van der Waals surface area contributed by atoms with Crippen molar-refractivity contribution in [2.45, 2.75) is 37.6 Å². The molecule has 1 unspecified atom stereocenters. The molecule has 1 heterocycles. The summed E-state index contributed by atoms with van der Waals surface area (Å²) in [5.74, 6) is -0.464. The third-order valence-corrected chi connectivity index (χ3v) is 5.28. The summed E-state index contributed by atoms with van der Waals surface area (Å²) in [6.07, 6.45) is 0.890. The van der Waals surface area contributed by atoms with Crippen LogP contribution < -0.4 is 16.8 Å². The van der Waals surface area contributed by atoms with Gasteiger partial charge in [-0.3, -0.25) is 9.59 Å². The summed E-state index contributed by atoms with van der Waals surface area (Å²) in [6, 6.07) is 17.6. The zero-order valence-electron chi connectivity index (χ0n) is 17.1. The van der Waals surface area contributed by atoms with Crippen molar-refractivity contribution >= 4 is 11.8 Å². The largest absolute Gasteiger partial charge is 0.372 e. The average molecular weight is 411 g/mol. The van der Waals surface area contributed by atoms with Gasteiger partial charge in [0, 0.05) is 19.5 Å². The van der Waals surface area contributed by atoms with Crippen LogP contribution in [-0.2, 0) is 20.9 Å². The predicted molar refractivity (Wildman–Crippen MR) is 115 cm³/mol. The Morgan fingerprint density at radius 3 is 2.43 bits per heavy atom. The molecule has 160 valence electrons. The lowest BCUT2D eigenvalue weighted by atomic mass is 10.1. The number of likely N-dealkylation sites (tertiary alicyclic amines) is 1. The van der Waals surface area contributed by atoms with Crippen molar-refractivity contribution in [3.8, 4) is 0 Å². The summed E-state index contributed by atoms with van der Waals surface area (Å²) >= 11 is 0. The van der Waals surface area contributed by atoms with Crippen LogP contribution in [-0.4, -0.2) is 48.5 Å². The van der Waals surface area contributed by atoms with Gasteiger partial charge in [-0.05, 0) is 24.1 Å². The highest BCUT2D eigenvalue weighted by atomic mass is 16.5. The fourth-order valence-corrected chi connectivity index (χ4v) is 3.61. The van der Waals surface area contributed by atoms with E-state index < -0.39 is 12.1 Å². The maximum atomic E-state index is 13.2. The lowest BCUT2D eigenvalue weighted by Crippen LogP contribution is -2.49. The molecule has 0 saturated carbocycles. The molecule has 0 aliphatic carbocycles. The monoisotopic (exact) mass is 410 g/mol. The molecule has 0 spiro atoms. The van der Waals surface area contributed by atoms with Crippen LogP contribution in [0.4, 0.5) is 0 Å². The van der Waals surface area contributed by atoms with E-state index in [4.69, 9.17) is 16.2 Å². The minimum absolute atomic E-state index is 0.192. The number of carbonyl (C=O) groups is 2. The van der Waals surface area contributed by atoms with Gasteiger partial charge in [-0.25, -0.2) is 0 Å². The number of rotatable bonds is 9. The third kappa shape index (κ3) is 5.66. The van der Waals surface area contributed by atoms with E-state index >= 15 is 0 Å². The molecule has 2 amide bonds. The van der Waals surface area contributed by atoms with Crippen LogP contribution in [0.25, 0.3) is 0 Å². The number of amides is 2. The van der Waals surface area contributed by atoms with Crippen LogP contribution in [0.1, 0.15) is 30.0 Å². The number of hydrogen-bond donors (Lipinski definition) is 3. The molecule has 0 bridgehead atoms. The number of ether oxygens (including phenoxy) is 1. The second kappa shape index (κ2) is 10.9. The van der Waals surface area contributed by atoms with Crippen molar-refractivity contribution < 1.29 is 14.3 Å². The van der Waals surface area contributed by atoms with Gasteiger partial charge < -0.3 is 26.4 Å². The minimum atomic E-state index is -0.821. The Labute approximate surface area is 177 Å². The van der Waals surface area contributed by atoms with Gasteiger partial charge in [0.1, 0.15) is 12.1 Å². The Morgan fingerprint density at radius 1 is 1.10 bits per heavy atom. The van der Waals surface area contributed by atoms with Gasteiger partial charge in [0.25, 0.3) is 0 Å². The number of hydrogen-bond acceptors (Lipinski definition) is 5. The SMILES string of the molecule is NCCCNC(=O)C1C[C@@H](OCc2ccccc2)CN1C(=O)[C@@H](N)c1ccccc1. The van der Waals surface area contributed by atoms with Crippen LogP contribution in [0.2, 0.25) is 0 Å². The highest BCUT2D eigenvalue weighted by Gasteiger charge is 2.41. The number of benzene rings is 2. The van der Waals surface area contributed by atoms with Crippen molar-refractivity contribution in [3.05, 3.63) is 71.8 Å². The molecule has 3 rings (SSSR count). The molecule has 7 nitrogen and oxygen atoms in total. The molecular formula is C23H30N4O3. The predicted octanol–water partition coefficient (Wildman–Crippen LogP) is 1.34. The molecule has 1 aliphatic heterocycles. The van der Waals surface area contributed by atoms with E-state index in [0.717, 1.165) is 11.1 Å². The molecule has 0 radical (unpaired) electrons. The average Bonchev–Trinajstić information content (AvgIpc) is 3.22. The normalized spacial score (nSPS) is 19.5. The summed E-state index contributed by atoms with van der Waals surface area (Å²) < 4.78 is 6.03. The van der Waals surface area contributed by atoms with E-state index in [-0.39, 0.29) is 17.9 Å². The van der Waals surface area contributed by atoms with Crippen LogP contribution in [0, 0.1) is 0 Å². The number of nitrogens with zero attached hydrogens (tertiary/aromatic N) is 1. The standard InChI is InChI=1S/C23H30N4O3/c24-12-7-13-26-22(28)20-14-19(30-16-17-8-3-1-4-9-17)15-27(20)23(29)21(25)18-10-5-2-6-11-18/h1-6,8-11,19-21H,7,12-16,24-25H2,(H,26,28)/t19-,20?,21+/m1/s1. The summed E-state index contributed by atoms with van der Waals surface area (Å²) in [5.41, 5.74) is 13.5. The molecule has 5 N–H and O–H groups in total. The molecule has 0 aromatic heterocycles. The quantitative estimate of drug-likeness (QED) is 0.540. The lowest BCUT2D eigenvalue weighted by molar-refractivity contribution is -0.139. The van der Waals surface area contributed by atoms with Gasteiger partial charge in [-0.2, -0.15) is 0 Å². The van der Waals surface area contributed by atoms with Gasteiger partial charge in [0.15, 0.2) is 0 Å². The van der Waals surface area contributed by atoms with Gasteiger partial charge in [-0.15, -0.1) is 0 Å². The van der Waals surface area contributed by atoms with Gasteiger partial charge in [-0.1, -0.05) is 60.7 Å². The molecule has 1 aliphatic rings. The molecule has 1 fully saturated rings.